The van der Waals surface area contributed by atoms with E-state index < -0.39 is 148 Å². The van der Waals surface area contributed by atoms with E-state index >= 15 is 0 Å². The molecule has 0 aliphatic heterocycles. The highest BCUT2D eigenvalue weighted by molar-refractivity contribution is 5.86. The molecule has 0 aliphatic carbocycles. The van der Waals surface area contributed by atoms with Gasteiger partial charge in [0.2, 0.25) is 35.3 Å². The number of rotatable bonds is 38. The molecule has 0 bridgehead atoms. The Morgan fingerprint density at radius 2 is 0.619 bits per heavy atom. The van der Waals surface area contributed by atoms with Crippen LogP contribution in [-0.4, -0.2) is 176 Å². The van der Waals surface area contributed by atoms with Gasteiger partial charge in [-0.3, -0.25) is 28.8 Å². The maximum absolute atomic E-state index is 12.5. The second-order valence-electron chi connectivity index (χ2n) is 20.3. The molecule has 84 heavy (non-hydrogen) atoms. The third kappa shape index (κ3) is 55.3. The maximum Gasteiger partial charge on any atom is 0.508 e. The summed E-state index contributed by atoms with van der Waals surface area (Å²) in [7, 11) is 0. The molecule has 0 radical (unpaired) electrons. The molecule has 0 spiro atoms. The highest BCUT2D eigenvalue weighted by Crippen LogP contribution is 2.23. The Morgan fingerprint density at radius 1 is 0.333 bits per heavy atom. The van der Waals surface area contributed by atoms with Crippen molar-refractivity contribution < 1.29 is 140 Å². The fourth-order valence-electron chi connectivity index (χ4n) is 4.14. The van der Waals surface area contributed by atoms with Gasteiger partial charge in [0.15, 0.2) is 26.4 Å². The number of hydrogen-bond donors (Lipinski definition) is 0. The van der Waals surface area contributed by atoms with E-state index in [-0.39, 0.29) is 76.6 Å². The molecule has 0 amide bonds. The van der Waals surface area contributed by atoms with Gasteiger partial charge in [-0.25, -0.2) is 54.3 Å². The monoisotopic (exact) mass is 1240 g/mol. The molecule has 22 nitrogen and oxygen atoms in total. The first-order valence-corrected chi connectivity index (χ1v) is 26.8. The lowest BCUT2D eigenvalue weighted by molar-refractivity contribution is -0.158. The lowest BCUT2D eigenvalue weighted by Crippen LogP contribution is -2.29. The van der Waals surface area contributed by atoms with Crippen LogP contribution in [0.15, 0.2) is 0 Å². The van der Waals surface area contributed by atoms with Gasteiger partial charge in [-0.2, -0.15) is 0 Å². The topological polar surface area (TPSA) is 281 Å². The van der Waals surface area contributed by atoms with Crippen LogP contribution < -0.4 is 0 Å². The zero-order valence-corrected chi connectivity index (χ0v) is 50.7. The SMILES string of the molecule is CCC(C)(C)C(=O)OCC(=O)COC(=O)OCCC(C)(F)F.CCC(C)(C)C(=O)OCCOCC(=O)OCCC(C)(F)F.CCC(C)C(=O)OCC(=O)COC(=O)OCCC(C)(F)F.CCC(C)C(=O)OCCOCC(=O)OCCC(C)(F)F. The number of hydrogen-bond acceptors (Lipinski definition) is 22. The molecule has 0 saturated heterocycles. The summed E-state index contributed by atoms with van der Waals surface area (Å²) in [5.74, 6) is -16.5. The number of esters is 6. The number of ether oxygens (including phenoxy) is 12. The van der Waals surface area contributed by atoms with Crippen LogP contribution >= 0.6 is 0 Å². The van der Waals surface area contributed by atoms with Gasteiger partial charge < -0.3 is 56.8 Å². The van der Waals surface area contributed by atoms with Crippen LogP contribution in [0.2, 0.25) is 0 Å². The highest BCUT2D eigenvalue weighted by atomic mass is 19.3. The Hall–Kier alpha value is -5.94. The van der Waals surface area contributed by atoms with Gasteiger partial charge in [-0.15, -0.1) is 0 Å². The van der Waals surface area contributed by atoms with E-state index in [0.717, 1.165) is 13.8 Å². The summed E-state index contributed by atoms with van der Waals surface area (Å²) < 4.78 is 155. The Balaban J connectivity index is -0.000000508. The molecular formula is C54H88F8O22. The molecule has 0 rings (SSSR count). The van der Waals surface area contributed by atoms with Gasteiger partial charge in [0.05, 0.1) is 49.1 Å². The van der Waals surface area contributed by atoms with Gasteiger partial charge in [-0.1, -0.05) is 41.5 Å². The van der Waals surface area contributed by atoms with Crippen molar-refractivity contribution in [3.05, 3.63) is 0 Å². The number of alkyl halides is 8. The average Bonchev–Trinajstić information content (AvgIpc) is 3.45. The second kappa shape index (κ2) is 44.5. The van der Waals surface area contributed by atoms with Gasteiger partial charge in [0.25, 0.3) is 0 Å². The molecule has 30 heteroatoms. The highest BCUT2D eigenvalue weighted by Gasteiger charge is 2.29. The summed E-state index contributed by atoms with van der Waals surface area (Å²) >= 11 is 0. The van der Waals surface area contributed by atoms with E-state index in [0.29, 0.717) is 39.5 Å². The first kappa shape index (κ1) is 84.5. The van der Waals surface area contributed by atoms with E-state index in [2.05, 4.69) is 28.4 Å². The Labute approximate surface area is 485 Å². The second-order valence-corrected chi connectivity index (χ2v) is 20.3. The van der Waals surface area contributed by atoms with Gasteiger partial charge in [0, 0.05) is 25.7 Å². The van der Waals surface area contributed by atoms with Crippen molar-refractivity contribution in [2.45, 2.75) is 172 Å². The minimum atomic E-state index is -2.95. The summed E-state index contributed by atoms with van der Waals surface area (Å²) in [6.45, 7) is 16.0. The van der Waals surface area contributed by atoms with E-state index in [1.807, 2.05) is 20.8 Å². The van der Waals surface area contributed by atoms with Crippen LogP contribution in [0.25, 0.3) is 0 Å². The fourth-order valence-corrected chi connectivity index (χ4v) is 4.14. The predicted molar refractivity (Wildman–Crippen MR) is 280 cm³/mol. The summed E-state index contributed by atoms with van der Waals surface area (Å²) in [5, 5.41) is 0. The molecule has 0 aliphatic rings. The van der Waals surface area contributed by atoms with Crippen molar-refractivity contribution in [3.8, 4) is 0 Å². The van der Waals surface area contributed by atoms with Gasteiger partial charge >= 0.3 is 48.1 Å². The van der Waals surface area contributed by atoms with Crippen LogP contribution in [0.5, 0.6) is 0 Å². The van der Waals surface area contributed by atoms with Crippen molar-refractivity contribution in [2.24, 2.45) is 22.7 Å². The van der Waals surface area contributed by atoms with Crippen LogP contribution in [0, 0.1) is 22.7 Å². The molecule has 0 saturated carbocycles. The lowest BCUT2D eigenvalue weighted by atomic mass is 9.91. The van der Waals surface area contributed by atoms with Gasteiger partial charge in [0.1, 0.15) is 39.6 Å². The Morgan fingerprint density at radius 3 is 0.940 bits per heavy atom. The first-order chi connectivity index (χ1) is 38.5. The zero-order valence-electron chi connectivity index (χ0n) is 50.7. The number of ketones is 2. The molecule has 0 N–H and O–H groups in total. The summed E-state index contributed by atoms with van der Waals surface area (Å²) in [6.07, 6.45) is -2.30. The zero-order chi connectivity index (χ0) is 66.0. The number of carbonyl (C=O) groups excluding carboxylic acids is 10. The smallest absolute Gasteiger partial charge is 0.464 e. The third-order valence-corrected chi connectivity index (χ3v) is 10.8. The Bertz CT molecular complexity index is 1950. The molecule has 0 fully saturated rings. The quantitative estimate of drug-likeness (QED) is 0.0240. The molecule has 2 atom stereocenters. The maximum atomic E-state index is 12.5. The van der Waals surface area contributed by atoms with E-state index in [9.17, 15) is 83.1 Å². The average molecular weight is 1240 g/mol. The number of halogens is 8. The van der Waals surface area contributed by atoms with Crippen LogP contribution in [-0.2, 0) is 95.2 Å². The molecule has 492 valence electrons. The third-order valence-electron chi connectivity index (χ3n) is 10.8. The van der Waals surface area contributed by atoms with Crippen molar-refractivity contribution in [2.75, 3.05) is 92.5 Å². The van der Waals surface area contributed by atoms with Crippen LogP contribution in [0.4, 0.5) is 44.7 Å². The largest absolute Gasteiger partial charge is 0.508 e. The number of carbonyl (C=O) groups is 10. The van der Waals surface area contributed by atoms with Crippen molar-refractivity contribution >= 4 is 59.7 Å². The summed E-state index contributed by atoms with van der Waals surface area (Å²) in [6, 6.07) is 0. The van der Waals surface area contributed by atoms with Crippen molar-refractivity contribution in [1.82, 2.24) is 0 Å². The van der Waals surface area contributed by atoms with Crippen LogP contribution in [0.1, 0.15) is 148 Å². The lowest BCUT2D eigenvalue weighted by Gasteiger charge is -2.20. The van der Waals surface area contributed by atoms with E-state index in [1.54, 1.807) is 48.5 Å². The van der Waals surface area contributed by atoms with Gasteiger partial charge in [-0.05, 0) is 81.1 Å². The van der Waals surface area contributed by atoms with Crippen molar-refractivity contribution in [1.29, 1.82) is 0 Å². The molecular weight excluding hydrogens is 1150 g/mol. The normalized spacial score (nSPS) is 12.3. The molecule has 2 unspecified atom stereocenters. The van der Waals surface area contributed by atoms with Crippen molar-refractivity contribution in [3.63, 3.8) is 0 Å². The van der Waals surface area contributed by atoms with Crippen LogP contribution in [0.3, 0.4) is 0 Å². The summed E-state index contributed by atoms with van der Waals surface area (Å²) in [4.78, 5) is 113. The molecule has 0 aromatic carbocycles. The summed E-state index contributed by atoms with van der Waals surface area (Å²) in [5.41, 5.74) is -1.25. The molecule has 0 aromatic rings. The molecule has 0 heterocycles. The Kier molecular flexibility index (Phi) is 44.8. The van der Waals surface area contributed by atoms with E-state index in [4.69, 9.17) is 28.4 Å². The first-order valence-electron chi connectivity index (χ1n) is 26.8. The predicted octanol–water partition coefficient (Wildman–Crippen LogP) is 9.83. The standard InChI is InChI=1S/C14H22F2O6.C14H24F2O5.C13H20F2O6.C13H22F2O5/c1-5-13(2,3)11(18)21-8-10(17)9-22-12(19)20-7-6-14(4,15)16;1-5-13(2,3)12(18)21-9-8-19-10-11(17)20-7-6-14(4,15)16;1-4-9(2)11(17)20-7-10(16)8-21-12(18)19-6-5-13(3,14)15;1-4-10(2)12(17)20-8-7-18-9-11(16)19-6-5-13(3,14)15/h5-9H2,1-4H3;5-10H2,1-4H3;9H,4-8H2,1-3H3;10H,4-9H2,1-3H3. The minimum Gasteiger partial charge on any atom is -0.464 e. The number of Topliss-reactive ketones (excluding diaryl/α,β-unsaturated/α-hetero) is 2. The minimum absolute atomic E-state index is 0.0303. The molecule has 0 aromatic heterocycles. The van der Waals surface area contributed by atoms with E-state index in [1.165, 1.54) is 0 Å². The fraction of sp³-hybridized carbons (Fsp3) is 0.815.